The summed E-state index contributed by atoms with van der Waals surface area (Å²) < 4.78 is 16.7. The number of carbonyl (C=O) groups excluding carboxylic acids is 3. The molecule has 0 saturated heterocycles. The van der Waals surface area contributed by atoms with E-state index >= 15 is 0 Å². The first-order valence-electron chi connectivity index (χ1n) is 26.7. The van der Waals surface area contributed by atoms with Crippen LogP contribution >= 0.6 is 0 Å². The second kappa shape index (κ2) is 54.2. The van der Waals surface area contributed by atoms with Crippen LogP contribution in [-0.4, -0.2) is 37.2 Å². The van der Waals surface area contributed by atoms with Crippen LogP contribution < -0.4 is 0 Å². The predicted molar refractivity (Wildman–Crippen MR) is 288 cm³/mol. The fourth-order valence-electron chi connectivity index (χ4n) is 6.61. The molecular weight excluding hydrogens is 829 g/mol. The zero-order valence-corrected chi connectivity index (χ0v) is 42.9. The molecule has 0 aliphatic carbocycles. The Balaban J connectivity index is 4.54. The van der Waals surface area contributed by atoms with E-state index in [9.17, 15) is 14.4 Å². The average Bonchev–Trinajstić information content (AvgIpc) is 3.33. The minimum absolute atomic E-state index is 0.126. The van der Waals surface area contributed by atoms with Gasteiger partial charge >= 0.3 is 17.9 Å². The molecule has 0 radical (unpaired) electrons. The standard InChI is InChI=1S/C61H96O6/c1-4-7-10-13-16-19-22-24-26-28-30-32-34-36-39-41-44-47-50-53-59(62)65-56-58(67-61(64)55-52-49-46-43-38-21-18-15-12-9-6-3)57-66-60(63)54-51-48-45-42-40-37-35-33-31-29-27-25-23-20-17-14-11-8-5-2/h7,10,15-20,24-27,30-33,36-37,39-40,44,47,58H,4-6,8-9,11-14,21-23,28-29,34-35,38,41-43,45-46,48-57H2,1-3H3/b10-7-,18-15-,19-16-,20-17-,26-24-,27-25-,32-30-,33-31-,39-36-,40-37-,47-44-/t58-/m1/s1. The third-order valence-electron chi connectivity index (χ3n) is 10.6. The second-order valence-electron chi connectivity index (χ2n) is 17.0. The van der Waals surface area contributed by atoms with Crippen molar-refractivity contribution < 1.29 is 28.6 Å². The van der Waals surface area contributed by atoms with Crippen LogP contribution in [0.2, 0.25) is 0 Å². The van der Waals surface area contributed by atoms with Crippen molar-refractivity contribution in [3.8, 4) is 0 Å². The molecule has 67 heavy (non-hydrogen) atoms. The molecule has 0 rings (SSSR count). The molecule has 0 N–H and O–H groups in total. The van der Waals surface area contributed by atoms with Crippen LogP contribution in [0.3, 0.4) is 0 Å². The number of carbonyl (C=O) groups is 3. The molecule has 0 saturated carbocycles. The number of rotatable bonds is 46. The molecule has 6 nitrogen and oxygen atoms in total. The van der Waals surface area contributed by atoms with Crippen LogP contribution in [0.15, 0.2) is 134 Å². The number of hydrogen-bond donors (Lipinski definition) is 0. The highest BCUT2D eigenvalue weighted by Crippen LogP contribution is 2.12. The van der Waals surface area contributed by atoms with Crippen LogP contribution in [0.1, 0.15) is 213 Å². The summed E-state index contributed by atoms with van der Waals surface area (Å²) in [4.78, 5) is 38.0. The number of esters is 3. The Morgan fingerprint density at radius 3 is 1.07 bits per heavy atom. The summed E-state index contributed by atoms with van der Waals surface area (Å²) in [6.45, 7) is 6.33. The van der Waals surface area contributed by atoms with Crippen molar-refractivity contribution in [3.05, 3.63) is 134 Å². The van der Waals surface area contributed by atoms with Crippen LogP contribution in [0.25, 0.3) is 0 Å². The lowest BCUT2D eigenvalue weighted by molar-refractivity contribution is -0.166. The molecule has 0 aliphatic heterocycles. The summed E-state index contributed by atoms with van der Waals surface area (Å²) in [6, 6.07) is 0. The van der Waals surface area contributed by atoms with Gasteiger partial charge in [0, 0.05) is 19.3 Å². The Hall–Kier alpha value is -4.45. The van der Waals surface area contributed by atoms with E-state index in [1.165, 1.54) is 38.5 Å². The van der Waals surface area contributed by atoms with Crippen LogP contribution in [0.4, 0.5) is 0 Å². The number of unbranched alkanes of at least 4 members (excludes halogenated alkanes) is 13. The summed E-state index contributed by atoms with van der Waals surface area (Å²) in [5.41, 5.74) is 0. The first-order chi connectivity index (χ1) is 33.0. The molecule has 6 heteroatoms. The van der Waals surface area contributed by atoms with Crippen molar-refractivity contribution in [3.63, 3.8) is 0 Å². The van der Waals surface area contributed by atoms with Crippen LogP contribution in [-0.2, 0) is 28.6 Å². The van der Waals surface area contributed by atoms with Gasteiger partial charge in [0.1, 0.15) is 13.2 Å². The van der Waals surface area contributed by atoms with Gasteiger partial charge in [-0.25, -0.2) is 0 Å². The Kier molecular flexibility index (Phi) is 50.6. The third-order valence-corrected chi connectivity index (χ3v) is 10.6. The van der Waals surface area contributed by atoms with Crippen molar-refractivity contribution in [1.82, 2.24) is 0 Å². The highest BCUT2D eigenvalue weighted by atomic mass is 16.6. The first kappa shape index (κ1) is 62.5. The Morgan fingerprint density at radius 1 is 0.313 bits per heavy atom. The van der Waals surface area contributed by atoms with E-state index in [-0.39, 0.29) is 44.0 Å². The van der Waals surface area contributed by atoms with E-state index in [4.69, 9.17) is 14.2 Å². The number of hydrogen-bond acceptors (Lipinski definition) is 6. The SMILES string of the molecule is CC/C=C\C/C=C\C/C=C\C/C=C\C/C=C\C/C=C\CCC(=O)OC[C@H](COC(=O)CCCCC/C=C\C/C=C\C/C=C\C/C=C\CCCCC)OC(=O)CCCCCCC/C=C\CCCC. The minimum atomic E-state index is -0.830. The van der Waals surface area contributed by atoms with Gasteiger partial charge in [-0.1, -0.05) is 206 Å². The molecule has 376 valence electrons. The number of ether oxygens (including phenoxy) is 3. The third kappa shape index (κ3) is 52.4. The van der Waals surface area contributed by atoms with E-state index < -0.39 is 6.10 Å². The van der Waals surface area contributed by atoms with Crippen molar-refractivity contribution >= 4 is 17.9 Å². The Labute approximate surface area is 411 Å². The molecule has 0 heterocycles. The van der Waals surface area contributed by atoms with Gasteiger partial charge in [-0.05, 0) is 122 Å². The highest BCUT2D eigenvalue weighted by molar-refractivity contribution is 5.71. The highest BCUT2D eigenvalue weighted by Gasteiger charge is 2.19. The molecule has 0 aromatic carbocycles. The summed E-state index contributed by atoms with van der Waals surface area (Å²) in [6.07, 6.45) is 75.9. The first-order valence-corrected chi connectivity index (χ1v) is 26.7. The lowest BCUT2D eigenvalue weighted by atomic mass is 10.1. The molecule has 0 fully saturated rings. The van der Waals surface area contributed by atoms with E-state index in [0.717, 1.165) is 128 Å². The predicted octanol–water partition coefficient (Wildman–Crippen LogP) is 17.9. The zero-order valence-electron chi connectivity index (χ0n) is 42.9. The molecule has 0 unspecified atom stereocenters. The maximum Gasteiger partial charge on any atom is 0.306 e. The van der Waals surface area contributed by atoms with Gasteiger partial charge in [-0.3, -0.25) is 14.4 Å². The van der Waals surface area contributed by atoms with Gasteiger partial charge in [0.2, 0.25) is 0 Å². The summed E-state index contributed by atoms with van der Waals surface area (Å²) in [5.74, 6) is -1.06. The van der Waals surface area contributed by atoms with E-state index in [1.807, 2.05) is 12.2 Å². The Bertz CT molecular complexity index is 1480. The van der Waals surface area contributed by atoms with Crippen LogP contribution in [0.5, 0.6) is 0 Å². The van der Waals surface area contributed by atoms with E-state index in [2.05, 4.69) is 142 Å². The van der Waals surface area contributed by atoms with Gasteiger partial charge in [-0.2, -0.15) is 0 Å². The van der Waals surface area contributed by atoms with Crippen molar-refractivity contribution in [2.45, 2.75) is 219 Å². The molecule has 0 bridgehead atoms. The summed E-state index contributed by atoms with van der Waals surface area (Å²) in [7, 11) is 0. The quantitative estimate of drug-likeness (QED) is 0.0262. The molecule has 0 amide bonds. The molecule has 0 aliphatic rings. The van der Waals surface area contributed by atoms with Gasteiger partial charge in [-0.15, -0.1) is 0 Å². The van der Waals surface area contributed by atoms with Gasteiger partial charge in [0.15, 0.2) is 6.10 Å². The monoisotopic (exact) mass is 925 g/mol. The molecule has 0 spiro atoms. The van der Waals surface area contributed by atoms with E-state index in [0.29, 0.717) is 12.8 Å². The van der Waals surface area contributed by atoms with E-state index in [1.54, 1.807) is 0 Å². The molecule has 1 atom stereocenters. The fraction of sp³-hybridized carbons (Fsp3) is 0.590. The normalized spacial score (nSPS) is 13.2. The lowest BCUT2D eigenvalue weighted by Crippen LogP contribution is -2.30. The topological polar surface area (TPSA) is 78.9 Å². The minimum Gasteiger partial charge on any atom is -0.462 e. The molecular formula is C61H96O6. The smallest absolute Gasteiger partial charge is 0.306 e. The van der Waals surface area contributed by atoms with Crippen molar-refractivity contribution in [1.29, 1.82) is 0 Å². The van der Waals surface area contributed by atoms with Gasteiger partial charge < -0.3 is 14.2 Å². The average molecular weight is 925 g/mol. The summed E-state index contributed by atoms with van der Waals surface area (Å²) >= 11 is 0. The molecule has 0 aromatic heterocycles. The van der Waals surface area contributed by atoms with Crippen molar-refractivity contribution in [2.75, 3.05) is 13.2 Å². The van der Waals surface area contributed by atoms with Gasteiger partial charge in [0.05, 0.1) is 0 Å². The van der Waals surface area contributed by atoms with Crippen molar-refractivity contribution in [2.24, 2.45) is 0 Å². The molecule has 0 aromatic rings. The lowest BCUT2D eigenvalue weighted by Gasteiger charge is -2.18. The summed E-state index contributed by atoms with van der Waals surface area (Å²) in [5, 5.41) is 0. The number of allylic oxidation sites excluding steroid dienone is 22. The maximum atomic E-state index is 12.8. The van der Waals surface area contributed by atoms with Gasteiger partial charge in [0.25, 0.3) is 0 Å². The maximum absolute atomic E-state index is 12.8. The zero-order chi connectivity index (χ0) is 48.6. The fourth-order valence-corrected chi connectivity index (χ4v) is 6.61. The second-order valence-corrected chi connectivity index (χ2v) is 17.0. The van der Waals surface area contributed by atoms with Crippen LogP contribution in [0, 0.1) is 0 Å². The Morgan fingerprint density at radius 2 is 0.627 bits per heavy atom. The largest absolute Gasteiger partial charge is 0.462 e.